The van der Waals surface area contributed by atoms with Crippen LogP contribution >= 0.6 is 0 Å². The molecule has 1 aromatic carbocycles. The van der Waals surface area contributed by atoms with E-state index in [1.165, 1.54) is 10.6 Å². The fourth-order valence-electron chi connectivity index (χ4n) is 2.37. The summed E-state index contributed by atoms with van der Waals surface area (Å²) in [5, 5.41) is 8.81. The van der Waals surface area contributed by atoms with Gasteiger partial charge in [0.25, 0.3) is 0 Å². The second kappa shape index (κ2) is 4.37. The monoisotopic (exact) mass is 269 g/mol. The predicted molar refractivity (Wildman–Crippen MR) is 68.3 cm³/mol. The smallest absolute Gasteiger partial charge is 0.232 e. The molecule has 1 aromatic rings. The van der Waals surface area contributed by atoms with Crippen LogP contribution in [0.25, 0.3) is 0 Å². The molecule has 0 saturated heterocycles. The molecule has 5 nitrogen and oxygen atoms in total. The van der Waals surface area contributed by atoms with Gasteiger partial charge in [0.05, 0.1) is 11.9 Å². The second-order valence-electron chi connectivity index (χ2n) is 4.54. The van der Waals surface area contributed by atoms with E-state index in [0.29, 0.717) is 17.7 Å². The van der Waals surface area contributed by atoms with E-state index < -0.39 is 16.6 Å². The van der Waals surface area contributed by atoms with Crippen molar-refractivity contribution in [2.45, 2.75) is 19.4 Å². The molecule has 0 radical (unpaired) electrons. The number of Topliss-reactive ketones (excluding diaryl/α,β-unsaturated/α-hetero) is 1. The van der Waals surface area contributed by atoms with Crippen molar-refractivity contribution >= 4 is 21.5 Å². The summed E-state index contributed by atoms with van der Waals surface area (Å²) in [6.45, 7) is 1.29. The summed E-state index contributed by atoms with van der Waals surface area (Å²) in [5.41, 5.74) is 1.87. The van der Waals surface area contributed by atoms with E-state index in [0.717, 1.165) is 5.56 Å². The lowest BCUT2D eigenvalue weighted by Gasteiger charge is -2.21. The number of benzene rings is 1. The number of carbonyl (C=O) groups is 1. The molecule has 0 fully saturated rings. The Balaban J connectivity index is 2.48. The molecule has 6 heteroatoms. The van der Waals surface area contributed by atoms with Gasteiger partial charge in [-0.1, -0.05) is 0 Å². The van der Waals surface area contributed by atoms with Crippen molar-refractivity contribution in [1.82, 2.24) is 0 Å². The van der Waals surface area contributed by atoms with E-state index in [1.54, 1.807) is 18.2 Å². The van der Waals surface area contributed by atoms with Gasteiger partial charge in [0.15, 0.2) is 5.78 Å². The maximum absolute atomic E-state index is 11.7. The summed E-state index contributed by atoms with van der Waals surface area (Å²) in [6.07, 6.45) is 1.75. The van der Waals surface area contributed by atoms with Crippen molar-refractivity contribution in [2.24, 2.45) is 0 Å². The Labute approximate surface area is 106 Å². The van der Waals surface area contributed by atoms with E-state index in [4.69, 9.17) is 5.11 Å². The molecule has 98 valence electrons. The van der Waals surface area contributed by atoms with Crippen LogP contribution in [0.3, 0.4) is 0 Å². The van der Waals surface area contributed by atoms with E-state index in [-0.39, 0.29) is 11.8 Å². The van der Waals surface area contributed by atoms with E-state index in [9.17, 15) is 13.2 Å². The van der Waals surface area contributed by atoms with Crippen molar-refractivity contribution in [3.8, 4) is 0 Å². The molecule has 0 bridgehead atoms. The van der Waals surface area contributed by atoms with Crippen LogP contribution in [0.1, 0.15) is 22.8 Å². The molecule has 2 rings (SSSR count). The minimum Gasteiger partial charge on any atom is -0.388 e. The van der Waals surface area contributed by atoms with Crippen LogP contribution < -0.4 is 4.31 Å². The van der Waals surface area contributed by atoms with Gasteiger partial charge >= 0.3 is 0 Å². The predicted octanol–water partition coefficient (Wildman–Crippen LogP) is 0.572. The maximum atomic E-state index is 11.7. The highest BCUT2D eigenvalue weighted by molar-refractivity contribution is 7.92. The number of sulfonamides is 1. The van der Waals surface area contributed by atoms with E-state index >= 15 is 0 Å². The van der Waals surface area contributed by atoms with Crippen molar-refractivity contribution in [3.63, 3.8) is 0 Å². The lowest BCUT2D eigenvalue weighted by atomic mass is 10.0. The molecular weight excluding hydrogens is 254 g/mol. The van der Waals surface area contributed by atoms with Crippen LogP contribution in [0.15, 0.2) is 18.2 Å². The number of aliphatic hydroxyl groups is 1. The number of hydrogen-bond donors (Lipinski definition) is 1. The largest absolute Gasteiger partial charge is 0.388 e. The molecule has 1 heterocycles. The number of carbonyl (C=O) groups excluding carboxylic acids is 1. The third-order valence-electron chi connectivity index (χ3n) is 3.06. The van der Waals surface area contributed by atoms with Crippen molar-refractivity contribution in [1.29, 1.82) is 0 Å². The molecule has 0 aromatic heterocycles. The highest BCUT2D eigenvalue weighted by Crippen LogP contribution is 2.34. The third kappa shape index (κ3) is 2.13. The van der Waals surface area contributed by atoms with Gasteiger partial charge < -0.3 is 5.11 Å². The second-order valence-corrected chi connectivity index (χ2v) is 6.40. The Bertz CT molecular complexity index is 594. The van der Waals surface area contributed by atoms with Gasteiger partial charge in [-0.15, -0.1) is 0 Å². The topological polar surface area (TPSA) is 74.7 Å². The third-order valence-corrected chi connectivity index (χ3v) is 4.33. The fourth-order valence-corrected chi connectivity index (χ4v) is 3.64. The summed E-state index contributed by atoms with van der Waals surface area (Å²) < 4.78 is 24.8. The van der Waals surface area contributed by atoms with E-state index in [2.05, 4.69) is 0 Å². The van der Waals surface area contributed by atoms with Crippen LogP contribution in [0.2, 0.25) is 0 Å². The number of ketones is 1. The Morgan fingerprint density at radius 2 is 2.17 bits per heavy atom. The molecule has 18 heavy (non-hydrogen) atoms. The number of aliphatic hydroxyl groups excluding tert-OH is 1. The van der Waals surface area contributed by atoms with Gasteiger partial charge in [0, 0.05) is 11.6 Å². The Kier molecular flexibility index (Phi) is 3.16. The average Bonchev–Trinajstić information content (AvgIpc) is 2.62. The summed E-state index contributed by atoms with van der Waals surface area (Å²) in [6, 6.07) is 4.70. The standard InChI is InChI=1S/C12H15NO4S/c1-8-5-10-6-9(12(15)7-14)3-4-11(10)13(8)18(2,16)17/h3-4,6,8,14H,5,7H2,1-2H3. The van der Waals surface area contributed by atoms with Crippen LogP contribution in [-0.4, -0.2) is 38.2 Å². The molecule has 1 N–H and O–H groups in total. The summed E-state index contributed by atoms with van der Waals surface area (Å²) in [7, 11) is -3.30. The first-order valence-electron chi connectivity index (χ1n) is 5.61. The quantitative estimate of drug-likeness (QED) is 0.814. The summed E-state index contributed by atoms with van der Waals surface area (Å²) in [4.78, 5) is 11.4. The van der Waals surface area contributed by atoms with Crippen LogP contribution in [0.4, 0.5) is 5.69 Å². The summed E-state index contributed by atoms with van der Waals surface area (Å²) >= 11 is 0. The van der Waals surface area contributed by atoms with Crippen LogP contribution in [-0.2, 0) is 16.4 Å². The van der Waals surface area contributed by atoms with Gasteiger partial charge in [-0.25, -0.2) is 8.42 Å². The molecule has 1 aliphatic rings. The SMILES string of the molecule is CC1Cc2cc(C(=O)CO)ccc2N1S(C)(=O)=O. The number of nitrogens with zero attached hydrogens (tertiary/aromatic N) is 1. The molecule has 1 atom stereocenters. The molecule has 1 aliphatic heterocycles. The average molecular weight is 269 g/mol. The van der Waals surface area contributed by atoms with Gasteiger partial charge in [0.1, 0.15) is 6.61 Å². The first-order chi connectivity index (χ1) is 8.34. The van der Waals surface area contributed by atoms with Gasteiger partial charge in [-0.3, -0.25) is 9.10 Å². The zero-order chi connectivity index (χ0) is 13.5. The molecule has 0 spiro atoms. The van der Waals surface area contributed by atoms with Crippen molar-refractivity contribution in [2.75, 3.05) is 17.2 Å². The first-order valence-corrected chi connectivity index (χ1v) is 7.46. The van der Waals surface area contributed by atoms with Crippen LogP contribution in [0.5, 0.6) is 0 Å². The number of anilines is 1. The Hall–Kier alpha value is -1.40. The zero-order valence-corrected chi connectivity index (χ0v) is 11.1. The highest BCUT2D eigenvalue weighted by atomic mass is 32.2. The lowest BCUT2D eigenvalue weighted by molar-refractivity contribution is 0.0903. The maximum Gasteiger partial charge on any atom is 0.232 e. The molecular formula is C12H15NO4S. The first kappa shape index (κ1) is 13.0. The normalized spacial score (nSPS) is 18.8. The molecule has 1 unspecified atom stereocenters. The minimum absolute atomic E-state index is 0.144. The van der Waals surface area contributed by atoms with Gasteiger partial charge in [0.2, 0.25) is 10.0 Å². The number of hydrogen-bond acceptors (Lipinski definition) is 4. The van der Waals surface area contributed by atoms with Crippen molar-refractivity contribution < 1.29 is 18.3 Å². The van der Waals surface area contributed by atoms with Gasteiger partial charge in [-0.05, 0) is 37.1 Å². The Morgan fingerprint density at radius 1 is 1.50 bits per heavy atom. The van der Waals surface area contributed by atoms with Crippen molar-refractivity contribution in [3.05, 3.63) is 29.3 Å². The minimum atomic E-state index is -3.30. The Morgan fingerprint density at radius 3 is 2.72 bits per heavy atom. The lowest BCUT2D eigenvalue weighted by Crippen LogP contribution is -2.34. The molecule has 0 aliphatic carbocycles. The van der Waals surface area contributed by atoms with Gasteiger partial charge in [-0.2, -0.15) is 0 Å². The zero-order valence-electron chi connectivity index (χ0n) is 10.3. The highest BCUT2D eigenvalue weighted by Gasteiger charge is 2.32. The fraction of sp³-hybridized carbons (Fsp3) is 0.417. The van der Waals surface area contributed by atoms with E-state index in [1.807, 2.05) is 6.92 Å². The molecule has 0 amide bonds. The van der Waals surface area contributed by atoms with Crippen LogP contribution in [0, 0.1) is 0 Å². The number of rotatable bonds is 3. The summed E-state index contributed by atoms with van der Waals surface area (Å²) in [5.74, 6) is -0.358. The molecule has 0 saturated carbocycles. The number of fused-ring (bicyclic) bond motifs is 1.